The van der Waals surface area contributed by atoms with Crippen LogP contribution in [-0.2, 0) is 11.3 Å². The van der Waals surface area contributed by atoms with Crippen LogP contribution in [0.25, 0.3) is 0 Å². The average Bonchev–Trinajstić information content (AvgIpc) is 2.34. The predicted molar refractivity (Wildman–Crippen MR) is 36.6 cm³/mol. The quantitative estimate of drug-likeness (QED) is 0.543. The lowest BCUT2D eigenvalue weighted by molar-refractivity contribution is -0.123. The van der Waals surface area contributed by atoms with Crippen molar-refractivity contribution in [2.45, 2.75) is 19.5 Å². The maximum atomic E-state index is 10.9. The van der Waals surface area contributed by atoms with Crippen molar-refractivity contribution >= 4 is 5.91 Å². The highest BCUT2D eigenvalue weighted by molar-refractivity contribution is 5.77. The molecule has 11 heavy (non-hydrogen) atoms. The smallest absolute Gasteiger partial charge is 0.242 e. The Labute approximate surface area is 63.4 Å². The second kappa shape index (κ2) is 2.05. The van der Waals surface area contributed by atoms with Crippen molar-refractivity contribution in [3.8, 4) is 0 Å². The minimum absolute atomic E-state index is 0.00417. The van der Waals surface area contributed by atoms with Crippen LogP contribution in [0.4, 0.5) is 0 Å². The highest BCUT2D eigenvalue weighted by Gasteiger charge is 2.21. The Bertz CT molecular complexity index is 293. The van der Waals surface area contributed by atoms with Gasteiger partial charge in [-0.05, 0) is 6.92 Å². The zero-order valence-corrected chi connectivity index (χ0v) is 6.11. The minimum Gasteiger partial charge on any atom is -0.346 e. The van der Waals surface area contributed by atoms with Gasteiger partial charge in [-0.2, -0.15) is 0 Å². The van der Waals surface area contributed by atoms with Crippen LogP contribution in [0, 0.1) is 0 Å². The molecule has 1 aromatic heterocycles. The van der Waals surface area contributed by atoms with E-state index in [-0.39, 0.29) is 11.9 Å². The zero-order chi connectivity index (χ0) is 7.84. The lowest BCUT2D eigenvalue weighted by atomic mass is 10.2. The van der Waals surface area contributed by atoms with E-state index in [0.717, 1.165) is 5.69 Å². The molecule has 1 N–H and O–H groups in total. The van der Waals surface area contributed by atoms with Crippen molar-refractivity contribution in [3.05, 3.63) is 11.9 Å². The molecular formula is C6H8N4O. The van der Waals surface area contributed by atoms with Crippen molar-refractivity contribution in [2.75, 3.05) is 0 Å². The first-order valence-electron chi connectivity index (χ1n) is 3.45. The van der Waals surface area contributed by atoms with Gasteiger partial charge in [0.05, 0.1) is 17.9 Å². The number of hydrogen-bond acceptors (Lipinski definition) is 3. The highest BCUT2D eigenvalue weighted by Crippen LogP contribution is 2.13. The molecule has 0 saturated carbocycles. The number of nitrogens with one attached hydrogen (secondary N) is 1. The topological polar surface area (TPSA) is 59.8 Å². The van der Waals surface area contributed by atoms with E-state index in [2.05, 4.69) is 15.6 Å². The molecule has 1 aliphatic heterocycles. The van der Waals surface area contributed by atoms with Gasteiger partial charge in [0.15, 0.2) is 0 Å². The Balaban J connectivity index is 2.43. The number of amides is 1. The van der Waals surface area contributed by atoms with Gasteiger partial charge in [-0.1, -0.05) is 5.21 Å². The van der Waals surface area contributed by atoms with Gasteiger partial charge in [-0.15, -0.1) is 5.10 Å². The third kappa shape index (κ3) is 0.886. The molecule has 0 radical (unpaired) electrons. The van der Waals surface area contributed by atoms with Crippen LogP contribution in [0.15, 0.2) is 6.20 Å². The Morgan fingerprint density at radius 2 is 2.64 bits per heavy atom. The largest absolute Gasteiger partial charge is 0.346 e. The lowest BCUT2D eigenvalue weighted by Gasteiger charge is -2.19. The van der Waals surface area contributed by atoms with Crippen LogP contribution in [-0.4, -0.2) is 20.9 Å². The van der Waals surface area contributed by atoms with Gasteiger partial charge in [-0.25, -0.2) is 4.68 Å². The SMILES string of the molecule is CC1NC(=O)Cn2nncc21. The number of aromatic nitrogens is 3. The van der Waals surface area contributed by atoms with Crippen molar-refractivity contribution in [2.24, 2.45) is 0 Å². The van der Waals surface area contributed by atoms with Crippen molar-refractivity contribution in [1.29, 1.82) is 0 Å². The monoisotopic (exact) mass is 152 g/mol. The molecule has 1 aliphatic rings. The standard InChI is InChI=1S/C6H8N4O/c1-4-5-2-7-9-10(5)3-6(11)8-4/h2,4H,3H2,1H3,(H,8,11). The molecule has 0 spiro atoms. The summed E-state index contributed by atoms with van der Waals surface area (Å²) in [6.07, 6.45) is 1.67. The number of rotatable bonds is 0. The minimum atomic E-state index is -0.00417. The first-order chi connectivity index (χ1) is 5.27. The number of carbonyl (C=O) groups excluding carboxylic acids is 1. The van der Waals surface area contributed by atoms with Gasteiger partial charge in [0.1, 0.15) is 6.54 Å². The Hall–Kier alpha value is -1.39. The van der Waals surface area contributed by atoms with E-state index < -0.39 is 0 Å². The molecule has 5 heteroatoms. The molecule has 0 fully saturated rings. The predicted octanol–water partition coefficient (Wildman–Crippen LogP) is -0.531. The fourth-order valence-electron chi connectivity index (χ4n) is 1.22. The van der Waals surface area contributed by atoms with Crippen molar-refractivity contribution < 1.29 is 4.79 Å². The number of hydrogen-bond donors (Lipinski definition) is 1. The summed E-state index contributed by atoms with van der Waals surface area (Å²) in [5.74, 6) is -0.00417. The molecule has 2 rings (SSSR count). The summed E-state index contributed by atoms with van der Waals surface area (Å²) in [6, 6.07) is 0.0336. The van der Waals surface area contributed by atoms with Gasteiger partial charge in [-0.3, -0.25) is 4.79 Å². The molecule has 1 amide bonds. The summed E-state index contributed by atoms with van der Waals surface area (Å²) >= 11 is 0. The second-order valence-corrected chi connectivity index (χ2v) is 2.61. The summed E-state index contributed by atoms with van der Waals surface area (Å²) in [7, 11) is 0. The number of fused-ring (bicyclic) bond motifs is 1. The number of nitrogens with zero attached hydrogens (tertiary/aromatic N) is 3. The summed E-state index contributed by atoms with van der Waals surface area (Å²) in [4.78, 5) is 10.9. The first-order valence-corrected chi connectivity index (χ1v) is 3.45. The third-order valence-electron chi connectivity index (χ3n) is 1.76. The molecule has 0 saturated heterocycles. The fraction of sp³-hybridized carbons (Fsp3) is 0.500. The molecular weight excluding hydrogens is 144 g/mol. The summed E-state index contributed by atoms with van der Waals surface area (Å²) in [5, 5.41) is 10.3. The van der Waals surface area contributed by atoms with E-state index in [1.807, 2.05) is 6.92 Å². The van der Waals surface area contributed by atoms with Crippen LogP contribution in [0.2, 0.25) is 0 Å². The van der Waals surface area contributed by atoms with E-state index in [4.69, 9.17) is 0 Å². The average molecular weight is 152 g/mol. The second-order valence-electron chi connectivity index (χ2n) is 2.61. The van der Waals surface area contributed by atoms with Crippen LogP contribution < -0.4 is 5.32 Å². The first kappa shape index (κ1) is 6.33. The Morgan fingerprint density at radius 3 is 3.45 bits per heavy atom. The zero-order valence-electron chi connectivity index (χ0n) is 6.11. The van der Waals surface area contributed by atoms with Gasteiger partial charge >= 0.3 is 0 Å². The van der Waals surface area contributed by atoms with Gasteiger partial charge in [0.25, 0.3) is 0 Å². The van der Waals surface area contributed by atoms with Crippen molar-refractivity contribution in [1.82, 2.24) is 20.3 Å². The third-order valence-corrected chi connectivity index (χ3v) is 1.76. The maximum Gasteiger partial charge on any atom is 0.242 e. The molecule has 1 aromatic rings. The summed E-state index contributed by atoms with van der Waals surface area (Å²) in [5.41, 5.74) is 0.963. The molecule has 1 unspecified atom stereocenters. The van der Waals surface area contributed by atoms with Crippen LogP contribution in [0.1, 0.15) is 18.7 Å². The van der Waals surface area contributed by atoms with E-state index in [9.17, 15) is 4.79 Å². The highest BCUT2D eigenvalue weighted by atomic mass is 16.2. The molecule has 0 aliphatic carbocycles. The van der Waals surface area contributed by atoms with E-state index in [1.165, 1.54) is 0 Å². The molecule has 5 nitrogen and oxygen atoms in total. The maximum absolute atomic E-state index is 10.9. The van der Waals surface area contributed by atoms with Crippen molar-refractivity contribution in [3.63, 3.8) is 0 Å². The fourth-order valence-corrected chi connectivity index (χ4v) is 1.22. The summed E-state index contributed by atoms with van der Waals surface area (Å²) in [6.45, 7) is 2.20. The van der Waals surface area contributed by atoms with Gasteiger partial charge in [0.2, 0.25) is 5.91 Å². The lowest BCUT2D eigenvalue weighted by Crippen LogP contribution is -2.37. The number of carbonyl (C=O) groups is 1. The Morgan fingerprint density at radius 1 is 1.82 bits per heavy atom. The van der Waals surface area contributed by atoms with Crippen LogP contribution in [0.3, 0.4) is 0 Å². The molecule has 2 heterocycles. The van der Waals surface area contributed by atoms with Crippen LogP contribution >= 0.6 is 0 Å². The normalized spacial score (nSPS) is 22.6. The van der Waals surface area contributed by atoms with Gasteiger partial charge in [0, 0.05) is 0 Å². The molecule has 0 aromatic carbocycles. The van der Waals surface area contributed by atoms with Crippen LogP contribution in [0.5, 0.6) is 0 Å². The van der Waals surface area contributed by atoms with E-state index in [0.29, 0.717) is 6.54 Å². The molecule has 58 valence electrons. The van der Waals surface area contributed by atoms with E-state index in [1.54, 1.807) is 10.9 Å². The Kier molecular flexibility index (Phi) is 1.18. The molecule has 0 bridgehead atoms. The van der Waals surface area contributed by atoms with E-state index >= 15 is 0 Å². The van der Waals surface area contributed by atoms with Gasteiger partial charge < -0.3 is 5.32 Å². The summed E-state index contributed by atoms with van der Waals surface area (Å²) < 4.78 is 1.61. The molecule has 1 atom stereocenters.